The fraction of sp³-hybridized carbons (Fsp3) is 0.300. The summed E-state index contributed by atoms with van der Waals surface area (Å²) in [5, 5.41) is 6.58. The largest absolute Gasteiger partial charge is 0.382 e. The molecule has 152 valence electrons. The molecule has 0 bridgehead atoms. The highest BCUT2D eigenvalue weighted by molar-refractivity contribution is 7.89. The molecule has 1 atom stereocenters. The molecule has 1 saturated heterocycles. The predicted molar refractivity (Wildman–Crippen MR) is 105 cm³/mol. The lowest BCUT2D eigenvalue weighted by atomic mass is 10.0. The Bertz CT molecular complexity index is 1050. The predicted octanol–water partition coefficient (Wildman–Crippen LogP) is 2.74. The van der Waals surface area contributed by atoms with Gasteiger partial charge >= 0.3 is 0 Å². The third kappa shape index (κ3) is 4.15. The van der Waals surface area contributed by atoms with Crippen LogP contribution in [0.1, 0.15) is 24.8 Å². The molecule has 0 spiro atoms. The van der Waals surface area contributed by atoms with Crippen LogP contribution in [-0.4, -0.2) is 43.5 Å². The average Bonchev–Trinajstić information content (AvgIpc) is 3.41. The highest BCUT2D eigenvalue weighted by Gasteiger charge is 2.30. The zero-order valence-electron chi connectivity index (χ0n) is 15.5. The minimum atomic E-state index is -3.49. The van der Waals surface area contributed by atoms with Crippen LogP contribution in [-0.2, 0) is 19.7 Å². The maximum atomic E-state index is 13.4. The second kappa shape index (κ2) is 7.92. The van der Waals surface area contributed by atoms with Gasteiger partial charge in [-0.2, -0.15) is 4.31 Å². The average molecular weight is 417 g/mol. The van der Waals surface area contributed by atoms with Crippen LogP contribution in [0.5, 0.6) is 0 Å². The summed E-state index contributed by atoms with van der Waals surface area (Å²) in [6, 6.07) is 12.0. The minimum absolute atomic E-state index is 0.200. The molecule has 1 unspecified atom stereocenters. The molecule has 1 N–H and O–H groups in total. The van der Waals surface area contributed by atoms with Crippen molar-refractivity contribution in [3.8, 4) is 0 Å². The van der Waals surface area contributed by atoms with Gasteiger partial charge in [-0.3, -0.25) is 4.79 Å². The van der Waals surface area contributed by atoms with Crippen molar-refractivity contribution in [3.63, 3.8) is 0 Å². The Kier molecular flexibility index (Phi) is 5.33. The number of hydrogen-bond acceptors (Lipinski definition) is 5. The molecule has 2 aliphatic heterocycles. The summed E-state index contributed by atoms with van der Waals surface area (Å²) < 4.78 is 39.9. The fourth-order valence-electron chi connectivity index (χ4n) is 3.37. The third-order valence-electron chi connectivity index (χ3n) is 4.94. The van der Waals surface area contributed by atoms with Crippen molar-refractivity contribution in [3.05, 3.63) is 59.9 Å². The molecule has 0 aliphatic carbocycles. The van der Waals surface area contributed by atoms with Crippen LogP contribution in [0.4, 0.5) is 10.1 Å². The molecule has 2 aliphatic rings. The van der Waals surface area contributed by atoms with Crippen molar-refractivity contribution < 1.29 is 22.4 Å². The van der Waals surface area contributed by atoms with E-state index in [1.54, 1.807) is 24.3 Å². The summed E-state index contributed by atoms with van der Waals surface area (Å²) >= 11 is 0. The summed E-state index contributed by atoms with van der Waals surface area (Å²) in [6.07, 6.45) is 1.13. The van der Waals surface area contributed by atoms with Gasteiger partial charge in [-0.1, -0.05) is 17.3 Å². The molecule has 2 aromatic rings. The summed E-state index contributed by atoms with van der Waals surface area (Å²) in [7, 11) is -3.49. The van der Waals surface area contributed by atoms with Gasteiger partial charge in [-0.25, -0.2) is 12.8 Å². The van der Waals surface area contributed by atoms with Gasteiger partial charge in [-0.15, -0.1) is 0 Å². The van der Waals surface area contributed by atoms with Gasteiger partial charge in [-0.05, 0) is 49.2 Å². The lowest BCUT2D eigenvalue weighted by Gasteiger charge is -2.16. The molecule has 29 heavy (non-hydrogen) atoms. The molecular weight excluding hydrogens is 397 g/mol. The number of carbonyl (C=O) groups excluding carboxylic acids is 1. The number of hydrogen-bond donors (Lipinski definition) is 1. The Hall–Kier alpha value is -2.78. The van der Waals surface area contributed by atoms with Crippen molar-refractivity contribution in [2.45, 2.75) is 30.3 Å². The standard InChI is InChI=1S/C20H20FN3O4S/c21-15-5-3-4-14(12-15)18-13-19(28-23-18)20(25)22-16-6-8-17(9-7-16)29(26,27)24-10-1-2-11-24/h3-9,12,19H,1-2,10-11,13H2,(H,22,25). The number of rotatable bonds is 5. The maximum absolute atomic E-state index is 13.4. The van der Waals surface area contributed by atoms with E-state index in [-0.39, 0.29) is 17.1 Å². The first kappa shape index (κ1) is 19.5. The molecule has 4 rings (SSSR count). The number of carbonyl (C=O) groups is 1. The van der Waals surface area contributed by atoms with E-state index in [0.717, 1.165) is 12.8 Å². The molecule has 0 radical (unpaired) electrons. The van der Waals surface area contributed by atoms with Crippen LogP contribution in [0.3, 0.4) is 0 Å². The quantitative estimate of drug-likeness (QED) is 0.810. The lowest BCUT2D eigenvalue weighted by Crippen LogP contribution is -2.28. The fourth-order valence-corrected chi connectivity index (χ4v) is 4.88. The molecule has 7 nitrogen and oxygen atoms in total. The van der Waals surface area contributed by atoms with Crippen LogP contribution in [0.25, 0.3) is 0 Å². The maximum Gasteiger partial charge on any atom is 0.268 e. The Labute approximate surface area is 168 Å². The lowest BCUT2D eigenvalue weighted by molar-refractivity contribution is -0.125. The first-order chi connectivity index (χ1) is 13.9. The van der Waals surface area contributed by atoms with E-state index >= 15 is 0 Å². The number of anilines is 1. The first-order valence-corrected chi connectivity index (χ1v) is 10.8. The normalized spacial score (nSPS) is 19.6. The van der Waals surface area contributed by atoms with Crippen molar-refractivity contribution in [2.75, 3.05) is 18.4 Å². The molecular formula is C20H20FN3O4S. The zero-order chi connectivity index (χ0) is 20.4. The van der Waals surface area contributed by atoms with E-state index in [1.807, 2.05) is 0 Å². The van der Waals surface area contributed by atoms with Crippen molar-refractivity contribution >= 4 is 27.3 Å². The van der Waals surface area contributed by atoms with Gasteiger partial charge < -0.3 is 10.2 Å². The summed E-state index contributed by atoms with van der Waals surface area (Å²) in [4.78, 5) is 17.8. The van der Waals surface area contributed by atoms with Crippen molar-refractivity contribution in [2.24, 2.45) is 5.16 Å². The molecule has 2 aromatic carbocycles. The Balaban J connectivity index is 1.38. The smallest absolute Gasteiger partial charge is 0.268 e. The Morgan fingerprint density at radius 2 is 1.86 bits per heavy atom. The molecule has 0 saturated carbocycles. The van der Waals surface area contributed by atoms with E-state index < -0.39 is 22.0 Å². The molecule has 9 heteroatoms. The van der Waals surface area contributed by atoms with Crippen LogP contribution in [0.15, 0.2) is 58.6 Å². The van der Waals surface area contributed by atoms with E-state index in [0.29, 0.717) is 30.1 Å². The van der Waals surface area contributed by atoms with Crippen LogP contribution in [0, 0.1) is 5.82 Å². The van der Waals surface area contributed by atoms with E-state index in [1.165, 1.54) is 28.6 Å². The summed E-state index contributed by atoms with van der Waals surface area (Å²) in [5.74, 6) is -0.794. The van der Waals surface area contributed by atoms with Gasteiger partial charge in [0.2, 0.25) is 16.1 Å². The van der Waals surface area contributed by atoms with Gasteiger partial charge in [0.15, 0.2) is 0 Å². The van der Waals surface area contributed by atoms with Gasteiger partial charge in [0.05, 0.1) is 10.6 Å². The molecule has 0 aromatic heterocycles. The Morgan fingerprint density at radius 3 is 2.55 bits per heavy atom. The molecule has 1 amide bonds. The number of halogens is 1. The summed E-state index contributed by atoms with van der Waals surface area (Å²) in [6.45, 7) is 1.07. The van der Waals surface area contributed by atoms with Gasteiger partial charge in [0.1, 0.15) is 5.82 Å². The SMILES string of the molecule is O=C(Nc1ccc(S(=O)(=O)N2CCCC2)cc1)C1CC(c2cccc(F)c2)=NO1. The third-order valence-corrected chi connectivity index (χ3v) is 6.86. The zero-order valence-corrected chi connectivity index (χ0v) is 16.4. The van der Waals surface area contributed by atoms with Crippen LogP contribution < -0.4 is 5.32 Å². The van der Waals surface area contributed by atoms with Gasteiger partial charge in [0, 0.05) is 30.8 Å². The molecule has 2 heterocycles. The number of sulfonamides is 1. The first-order valence-electron chi connectivity index (χ1n) is 9.33. The van der Waals surface area contributed by atoms with Crippen LogP contribution in [0.2, 0.25) is 0 Å². The van der Waals surface area contributed by atoms with Gasteiger partial charge in [0.25, 0.3) is 5.91 Å². The monoisotopic (exact) mass is 417 g/mol. The van der Waals surface area contributed by atoms with E-state index in [9.17, 15) is 17.6 Å². The number of nitrogens with zero attached hydrogens (tertiary/aromatic N) is 2. The number of amides is 1. The number of oxime groups is 1. The Morgan fingerprint density at radius 1 is 1.14 bits per heavy atom. The minimum Gasteiger partial charge on any atom is -0.382 e. The topological polar surface area (TPSA) is 88.1 Å². The number of benzene rings is 2. The van der Waals surface area contributed by atoms with Crippen molar-refractivity contribution in [1.82, 2.24) is 4.31 Å². The second-order valence-corrected chi connectivity index (χ2v) is 8.91. The van der Waals surface area contributed by atoms with Crippen LogP contribution >= 0.6 is 0 Å². The van der Waals surface area contributed by atoms with E-state index in [4.69, 9.17) is 4.84 Å². The molecule has 1 fully saturated rings. The second-order valence-electron chi connectivity index (χ2n) is 6.97. The van der Waals surface area contributed by atoms with E-state index in [2.05, 4.69) is 10.5 Å². The van der Waals surface area contributed by atoms with Crippen molar-refractivity contribution in [1.29, 1.82) is 0 Å². The highest BCUT2D eigenvalue weighted by Crippen LogP contribution is 2.23. The number of nitrogens with one attached hydrogen (secondary N) is 1. The summed E-state index contributed by atoms with van der Waals surface area (Å²) in [5.41, 5.74) is 1.52. The highest BCUT2D eigenvalue weighted by atomic mass is 32.2.